The number of carboxylic acids is 2. The van der Waals surface area contributed by atoms with Crippen molar-refractivity contribution in [2.75, 3.05) is 0 Å². The average Bonchev–Trinajstić information content (AvgIpc) is 3.12. The molecule has 0 unspecified atom stereocenters. The summed E-state index contributed by atoms with van der Waals surface area (Å²) in [6.07, 6.45) is 1.06. The number of hydrogen-bond acceptors (Lipinski definition) is 3. The number of carboxylic acid groups (broad SMARTS) is 2. The third kappa shape index (κ3) is 7.61. The van der Waals surface area contributed by atoms with Gasteiger partial charge in [0.25, 0.3) is 0 Å². The Morgan fingerprint density at radius 3 is 1.09 bits per heavy atom. The summed E-state index contributed by atoms with van der Waals surface area (Å²) >= 11 is -1.48. The minimum absolute atomic E-state index is 0.118. The van der Waals surface area contributed by atoms with Gasteiger partial charge in [-0.15, -0.1) is 0 Å². The standard InChI is InChI=1S/C25H23P.C14H10O5S/c1-5-13-22(14-6-1)21-26(23-15-7-2-8-16-23,24-17-9-3-10-18-24)25-19-11-4-12-20-25;15-13(16)9-1-5-11(6-2-9)20(19)12-7-3-10(4-8-12)14(17)18/h1-20,26H,21H2;1-8H,(H,15,16)(H,17,18). The Bertz CT molecular complexity index is 1700. The fourth-order valence-electron chi connectivity index (χ4n) is 5.45. The van der Waals surface area contributed by atoms with Crippen molar-refractivity contribution < 1.29 is 24.4 Å². The molecule has 46 heavy (non-hydrogen) atoms. The quantitative estimate of drug-likeness (QED) is 0.129. The zero-order valence-corrected chi connectivity index (χ0v) is 26.7. The molecule has 0 saturated heterocycles. The summed E-state index contributed by atoms with van der Waals surface area (Å²) in [7, 11) is -2.16. The van der Waals surface area contributed by atoms with Crippen molar-refractivity contribution in [2.45, 2.75) is 16.0 Å². The second-order valence-electron chi connectivity index (χ2n) is 10.6. The first kappa shape index (κ1) is 32.4. The first-order valence-electron chi connectivity index (χ1n) is 14.7. The predicted molar refractivity (Wildman–Crippen MR) is 188 cm³/mol. The molecule has 6 aromatic rings. The van der Waals surface area contributed by atoms with E-state index in [4.69, 9.17) is 10.2 Å². The van der Waals surface area contributed by atoms with Gasteiger partial charge in [-0.2, -0.15) is 0 Å². The van der Waals surface area contributed by atoms with Crippen LogP contribution in [0, 0.1) is 0 Å². The van der Waals surface area contributed by atoms with E-state index >= 15 is 0 Å². The van der Waals surface area contributed by atoms with Crippen LogP contribution in [-0.4, -0.2) is 26.7 Å². The second-order valence-corrected chi connectivity index (χ2v) is 16.0. The molecule has 0 radical (unpaired) electrons. The topological polar surface area (TPSA) is 97.7 Å². The van der Waals surface area contributed by atoms with Crippen LogP contribution in [0.5, 0.6) is 0 Å². The van der Waals surface area contributed by atoms with E-state index in [2.05, 4.69) is 121 Å². The molecule has 7 heteroatoms. The van der Waals surface area contributed by atoms with Gasteiger partial charge in [-0.25, -0.2) is 9.59 Å². The van der Waals surface area contributed by atoms with Crippen molar-refractivity contribution in [2.24, 2.45) is 0 Å². The number of rotatable bonds is 9. The third-order valence-electron chi connectivity index (χ3n) is 7.74. The van der Waals surface area contributed by atoms with E-state index in [0.717, 1.165) is 6.16 Å². The van der Waals surface area contributed by atoms with Crippen LogP contribution in [0.2, 0.25) is 0 Å². The van der Waals surface area contributed by atoms with Gasteiger partial charge in [-0.3, -0.25) is 0 Å². The molecule has 230 valence electrons. The zero-order valence-electron chi connectivity index (χ0n) is 24.9. The molecule has 6 rings (SSSR count). The molecule has 0 bridgehead atoms. The SMILES string of the molecule is O=C(O)c1ccc([S+]([O-])c2ccc(C(=O)O)cc2)cc1.c1ccc(C[PH](c2ccccc2)(c2ccccc2)c2ccccc2)cc1. The summed E-state index contributed by atoms with van der Waals surface area (Å²) in [5.41, 5.74) is 1.63. The van der Waals surface area contributed by atoms with E-state index in [1.54, 1.807) is 0 Å². The van der Waals surface area contributed by atoms with E-state index < -0.39 is 30.4 Å². The van der Waals surface area contributed by atoms with E-state index in [9.17, 15) is 14.1 Å². The third-order valence-corrected chi connectivity index (χ3v) is 14.0. The van der Waals surface area contributed by atoms with Crippen LogP contribution >= 0.6 is 7.26 Å². The maximum atomic E-state index is 12.2. The van der Waals surface area contributed by atoms with Crippen molar-refractivity contribution in [3.8, 4) is 0 Å². The molecule has 0 aliphatic rings. The molecule has 0 aliphatic heterocycles. The van der Waals surface area contributed by atoms with Crippen molar-refractivity contribution in [3.63, 3.8) is 0 Å². The summed E-state index contributed by atoms with van der Waals surface area (Å²) in [6.45, 7) is 0. The van der Waals surface area contributed by atoms with Crippen molar-refractivity contribution in [3.05, 3.63) is 187 Å². The zero-order chi connectivity index (χ0) is 32.4. The Hall–Kier alpha value is -5.00. The van der Waals surface area contributed by atoms with Gasteiger partial charge in [0.05, 0.1) is 11.1 Å². The van der Waals surface area contributed by atoms with Crippen LogP contribution in [0.1, 0.15) is 26.3 Å². The molecule has 0 spiro atoms. The van der Waals surface area contributed by atoms with E-state index in [1.807, 2.05) is 0 Å². The molecule has 0 aliphatic carbocycles. The van der Waals surface area contributed by atoms with Crippen LogP contribution in [0.3, 0.4) is 0 Å². The summed E-state index contributed by atoms with van der Waals surface area (Å²) in [5.74, 6) is -2.10. The number of aromatic carboxylic acids is 2. The van der Waals surface area contributed by atoms with Crippen LogP contribution in [0.4, 0.5) is 0 Å². The number of carbonyl (C=O) groups is 2. The fourth-order valence-corrected chi connectivity index (χ4v) is 11.2. The van der Waals surface area contributed by atoms with Gasteiger partial charge < -0.3 is 14.8 Å². The molecule has 5 nitrogen and oxygen atoms in total. The summed E-state index contributed by atoms with van der Waals surface area (Å²) in [5, 5.41) is 21.9. The Kier molecular flexibility index (Phi) is 10.8. The monoisotopic (exact) mass is 644 g/mol. The first-order chi connectivity index (χ1) is 22.4. The molecular weight excluding hydrogens is 611 g/mol. The van der Waals surface area contributed by atoms with Gasteiger partial charge >= 0.3 is 168 Å². The van der Waals surface area contributed by atoms with E-state index in [-0.39, 0.29) is 11.1 Å². The second kappa shape index (κ2) is 15.3. The first-order valence-corrected chi connectivity index (χ1v) is 18.0. The molecule has 6 aromatic carbocycles. The van der Waals surface area contributed by atoms with E-state index in [0.29, 0.717) is 9.79 Å². The Morgan fingerprint density at radius 2 is 0.783 bits per heavy atom. The van der Waals surface area contributed by atoms with Crippen molar-refractivity contribution >= 4 is 46.3 Å². The molecule has 0 aromatic heterocycles. The minimum atomic E-state index is -2.16. The van der Waals surface area contributed by atoms with Crippen LogP contribution in [0.15, 0.2) is 180 Å². The van der Waals surface area contributed by atoms with Gasteiger partial charge in [0.1, 0.15) is 0 Å². The molecule has 2 N–H and O–H groups in total. The summed E-state index contributed by atoms with van der Waals surface area (Å²) < 4.78 is 12.2. The molecule has 0 fully saturated rings. The Balaban J connectivity index is 0.000000188. The summed E-state index contributed by atoms with van der Waals surface area (Å²) in [6, 6.07) is 55.6. The van der Waals surface area contributed by atoms with Gasteiger partial charge in [-0.05, 0) is 48.5 Å². The average molecular weight is 645 g/mol. The van der Waals surface area contributed by atoms with Gasteiger partial charge in [0.2, 0.25) is 0 Å². The molecule has 0 saturated carbocycles. The molecular formula is C39H33O5PS. The van der Waals surface area contributed by atoms with E-state index in [1.165, 1.54) is 70.0 Å². The fraction of sp³-hybridized carbons (Fsp3) is 0.0256. The molecule has 0 amide bonds. The molecule has 0 heterocycles. The van der Waals surface area contributed by atoms with Crippen LogP contribution in [-0.2, 0) is 17.3 Å². The van der Waals surface area contributed by atoms with Crippen LogP contribution in [0.25, 0.3) is 0 Å². The van der Waals surface area contributed by atoms with Gasteiger partial charge in [0.15, 0.2) is 9.79 Å². The normalized spacial score (nSPS) is 11.3. The predicted octanol–water partition coefficient (Wildman–Crippen LogP) is 7.16. The molecule has 0 atom stereocenters. The van der Waals surface area contributed by atoms with Gasteiger partial charge in [0, 0.05) is 11.2 Å². The number of hydrogen-bond donors (Lipinski definition) is 2. The number of benzene rings is 6. The Labute approximate surface area is 272 Å². The summed E-state index contributed by atoms with van der Waals surface area (Å²) in [4.78, 5) is 22.4. The van der Waals surface area contributed by atoms with Crippen molar-refractivity contribution in [1.82, 2.24) is 0 Å². The maximum absolute atomic E-state index is 12.2. The Morgan fingerprint density at radius 1 is 0.478 bits per heavy atom. The van der Waals surface area contributed by atoms with Crippen molar-refractivity contribution in [1.29, 1.82) is 0 Å². The van der Waals surface area contributed by atoms with Gasteiger partial charge in [-0.1, -0.05) is 0 Å². The van der Waals surface area contributed by atoms with Crippen LogP contribution < -0.4 is 15.9 Å².